The van der Waals surface area contributed by atoms with E-state index in [0.29, 0.717) is 23.2 Å². The molecule has 0 aliphatic heterocycles. The highest BCUT2D eigenvalue weighted by Gasteiger charge is 2.56. The Balaban J connectivity index is 1.53. The van der Waals surface area contributed by atoms with Crippen molar-refractivity contribution in [2.24, 2.45) is 17.1 Å². The van der Waals surface area contributed by atoms with E-state index in [1.807, 2.05) is 0 Å². The van der Waals surface area contributed by atoms with Gasteiger partial charge in [0.2, 0.25) is 0 Å². The molecule has 4 aliphatic carbocycles. The second kappa shape index (κ2) is 5.44. The van der Waals surface area contributed by atoms with E-state index in [0.717, 1.165) is 37.4 Å². The third-order valence-corrected chi connectivity index (χ3v) is 5.79. The zero-order chi connectivity index (χ0) is 16.0. The van der Waals surface area contributed by atoms with Crippen molar-refractivity contribution in [1.82, 2.24) is 9.97 Å². The summed E-state index contributed by atoms with van der Waals surface area (Å²) in [6.07, 6.45) is 9.54. The van der Waals surface area contributed by atoms with Gasteiger partial charge in [0.1, 0.15) is 11.6 Å². The predicted molar refractivity (Wildman–Crippen MR) is 85.9 cm³/mol. The van der Waals surface area contributed by atoms with Gasteiger partial charge < -0.3 is 16.2 Å². The van der Waals surface area contributed by atoms with Crippen molar-refractivity contribution in [3.05, 3.63) is 17.6 Å². The Bertz CT molecular complexity index is 616. The predicted octanol–water partition coefficient (Wildman–Crippen LogP) is 1.63. The minimum atomic E-state index is -0.513. The Kier molecular flexibility index (Phi) is 3.52. The van der Waals surface area contributed by atoms with Crippen LogP contribution >= 0.6 is 0 Å². The molecule has 6 nitrogen and oxygen atoms in total. The molecule has 4 N–H and O–H groups in total. The van der Waals surface area contributed by atoms with Crippen LogP contribution < -0.4 is 11.1 Å². The van der Waals surface area contributed by atoms with Gasteiger partial charge in [-0.2, -0.15) is 0 Å². The lowest BCUT2D eigenvalue weighted by Gasteiger charge is -2.62. The molecule has 23 heavy (non-hydrogen) atoms. The fourth-order valence-electron chi connectivity index (χ4n) is 4.49. The van der Waals surface area contributed by atoms with Crippen LogP contribution in [0.2, 0.25) is 0 Å². The lowest BCUT2D eigenvalue weighted by atomic mass is 9.43. The van der Waals surface area contributed by atoms with Crippen LogP contribution in [0.1, 0.15) is 61.1 Å². The van der Waals surface area contributed by atoms with Crippen molar-refractivity contribution < 1.29 is 9.90 Å². The maximum Gasteiger partial charge on any atom is 0.254 e. The number of hydrogen-bond acceptors (Lipinski definition) is 5. The van der Waals surface area contributed by atoms with Gasteiger partial charge in [0.05, 0.1) is 11.7 Å². The van der Waals surface area contributed by atoms with Crippen LogP contribution in [0.3, 0.4) is 0 Å². The number of carbonyl (C=O) groups is 1. The number of primary amides is 1. The second-order valence-electron chi connectivity index (χ2n) is 7.73. The van der Waals surface area contributed by atoms with Crippen molar-refractivity contribution in [2.75, 3.05) is 5.32 Å². The Hall–Kier alpha value is -1.69. The summed E-state index contributed by atoms with van der Waals surface area (Å²) in [5.74, 6) is 1.75. The van der Waals surface area contributed by atoms with Crippen LogP contribution in [0, 0.1) is 11.3 Å². The molecule has 4 saturated carbocycles. The minimum absolute atomic E-state index is 0.134. The average molecular weight is 316 g/mol. The van der Waals surface area contributed by atoms with Crippen molar-refractivity contribution in [3.63, 3.8) is 0 Å². The van der Waals surface area contributed by atoms with E-state index in [4.69, 9.17) is 5.73 Å². The van der Waals surface area contributed by atoms with Gasteiger partial charge in [-0.25, -0.2) is 9.97 Å². The van der Waals surface area contributed by atoms with Crippen LogP contribution in [0.25, 0.3) is 0 Å². The lowest BCUT2D eigenvalue weighted by Crippen LogP contribution is -2.53. The molecule has 4 fully saturated rings. The van der Waals surface area contributed by atoms with Crippen LogP contribution in [-0.4, -0.2) is 33.1 Å². The molecule has 1 aromatic heterocycles. The zero-order valence-electron chi connectivity index (χ0n) is 13.3. The second-order valence-corrected chi connectivity index (χ2v) is 7.73. The van der Waals surface area contributed by atoms with Crippen LogP contribution in [0.4, 0.5) is 5.82 Å². The molecule has 5 rings (SSSR count). The van der Waals surface area contributed by atoms with Crippen molar-refractivity contribution in [2.45, 2.75) is 63.5 Å². The minimum Gasteiger partial charge on any atom is -0.393 e. The number of rotatable bonds is 5. The van der Waals surface area contributed by atoms with Gasteiger partial charge in [-0.05, 0) is 56.3 Å². The number of nitrogens with two attached hydrogens (primary N) is 1. The third-order valence-electron chi connectivity index (χ3n) is 5.79. The molecule has 4 aliphatic rings. The molecule has 0 radical (unpaired) electrons. The molecule has 2 bridgehead atoms. The van der Waals surface area contributed by atoms with Gasteiger partial charge in [0, 0.05) is 18.7 Å². The van der Waals surface area contributed by atoms with Crippen LogP contribution in [0.15, 0.2) is 6.20 Å². The molecular formula is C17H24N4O2. The molecule has 1 aromatic rings. The van der Waals surface area contributed by atoms with Gasteiger partial charge >= 0.3 is 0 Å². The van der Waals surface area contributed by atoms with Gasteiger partial charge in [-0.1, -0.05) is 0 Å². The van der Waals surface area contributed by atoms with E-state index < -0.39 is 5.91 Å². The summed E-state index contributed by atoms with van der Waals surface area (Å²) in [6.45, 7) is 0. The molecule has 0 spiro atoms. The van der Waals surface area contributed by atoms with Gasteiger partial charge in [-0.3, -0.25) is 4.79 Å². The van der Waals surface area contributed by atoms with Gasteiger partial charge in [0.25, 0.3) is 5.91 Å². The van der Waals surface area contributed by atoms with E-state index in [1.54, 1.807) is 6.20 Å². The Morgan fingerprint density at radius 3 is 2.78 bits per heavy atom. The maximum atomic E-state index is 11.7. The fraction of sp³-hybridized carbons (Fsp3) is 0.706. The Morgan fingerprint density at radius 2 is 2.17 bits per heavy atom. The van der Waals surface area contributed by atoms with Crippen molar-refractivity contribution >= 4 is 11.7 Å². The van der Waals surface area contributed by atoms with Crippen molar-refractivity contribution in [3.8, 4) is 0 Å². The average Bonchev–Trinajstić information content (AvgIpc) is 2.41. The van der Waals surface area contributed by atoms with Crippen LogP contribution in [0.5, 0.6) is 0 Å². The van der Waals surface area contributed by atoms with Gasteiger partial charge in [-0.15, -0.1) is 0 Å². The fourth-order valence-corrected chi connectivity index (χ4v) is 4.49. The number of aromatic nitrogens is 2. The smallest absolute Gasteiger partial charge is 0.254 e. The normalized spacial score (nSPS) is 35.1. The first kappa shape index (κ1) is 14.9. The summed E-state index contributed by atoms with van der Waals surface area (Å²) in [5.41, 5.74) is 6.23. The maximum absolute atomic E-state index is 11.7. The van der Waals surface area contributed by atoms with E-state index in [2.05, 4.69) is 15.3 Å². The lowest BCUT2D eigenvalue weighted by molar-refractivity contribution is -0.106. The zero-order valence-corrected chi connectivity index (χ0v) is 13.3. The molecule has 0 saturated heterocycles. The number of nitrogens with one attached hydrogen (secondary N) is 1. The first-order valence-corrected chi connectivity index (χ1v) is 8.63. The number of carbonyl (C=O) groups excluding carboxylic acids is 1. The number of aliphatic hydroxyl groups excluding tert-OH is 1. The number of hydrogen-bond donors (Lipinski definition) is 3. The first-order valence-electron chi connectivity index (χ1n) is 8.63. The van der Waals surface area contributed by atoms with Crippen molar-refractivity contribution in [1.29, 1.82) is 0 Å². The van der Waals surface area contributed by atoms with Crippen LogP contribution in [-0.2, 0) is 6.42 Å². The van der Waals surface area contributed by atoms with E-state index in [9.17, 15) is 9.90 Å². The first-order chi connectivity index (χ1) is 11.0. The highest BCUT2D eigenvalue weighted by molar-refractivity contribution is 5.97. The van der Waals surface area contributed by atoms with E-state index in [1.165, 1.54) is 19.3 Å². The van der Waals surface area contributed by atoms with E-state index in [-0.39, 0.29) is 12.1 Å². The summed E-state index contributed by atoms with van der Waals surface area (Å²) < 4.78 is 0. The molecular weight excluding hydrogens is 292 g/mol. The quantitative estimate of drug-likeness (QED) is 0.766. The largest absolute Gasteiger partial charge is 0.393 e. The molecule has 124 valence electrons. The molecule has 0 aromatic carbocycles. The Labute approximate surface area is 135 Å². The SMILES string of the molecule is NC(=O)c1cnc(CC23CC(C2)C3)nc1N[C@@H]1CCC[C@H](O)C1. The van der Waals surface area contributed by atoms with Gasteiger partial charge in [0.15, 0.2) is 0 Å². The molecule has 1 amide bonds. The third kappa shape index (κ3) is 2.80. The van der Waals surface area contributed by atoms with E-state index >= 15 is 0 Å². The number of amides is 1. The summed E-state index contributed by atoms with van der Waals surface area (Å²) in [5, 5.41) is 13.1. The highest BCUT2D eigenvalue weighted by Crippen LogP contribution is 2.65. The molecule has 1 heterocycles. The summed E-state index contributed by atoms with van der Waals surface area (Å²) in [7, 11) is 0. The molecule has 2 atom stereocenters. The summed E-state index contributed by atoms with van der Waals surface area (Å²) in [6, 6.07) is 0.134. The number of aliphatic hydroxyl groups is 1. The summed E-state index contributed by atoms with van der Waals surface area (Å²) in [4.78, 5) is 20.6. The highest BCUT2D eigenvalue weighted by atomic mass is 16.3. The Morgan fingerprint density at radius 1 is 1.39 bits per heavy atom. The standard InChI is InChI=1S/C17H24N4O2/c18-15(23)13-9-19-14(8-17-5-10(6-17)7-17)21-16(13)20-11-2-1-3-12(22)4-11/h9-12,22H,1-8H2,(H2,18,23)(H,19,20,21)/t10?,11-,12+,17?/m1/s1. The number of anilines is 1. The monoisotopic (exact) mass is 316 g/mol. The summed E-state index contributed by atoms with van der Waals surface area (Å²) >= 11 is 0. The molecule has 0 unspecified atom stereocenters. The number of nitrogens with zero attached hydrogens (tertiary/aromatic N) is 2. The topological polar surface area (TPSA) is 101 Å². The molecule has 6 heteroatoms.